The summed E-state index contributed by atoms with van der Waals surface area (Å²) >= 11 is 5.77. The topological polar surface area (TPSA) is 113 Å². The van der Waals surface area contributed by atoms with Crippen LogP contribution in [0.2, 0.25) is 5.02 Å². The number of carbonyl (C=O) groups excluding carboxylic acids is 1. The van der Waals surface area contributed by atoms with Crippen molar-refractivity contribution in [3.63, 3.8) is 0 Å². The van der Waals surface area contributed by atoms with Crippen LogP contribution in [0.15, 0.2) is 53.4 Å². The Morgan fingerprint density at radius 3 is 2.20 bits per heavy atom. The number of nitrogens with one attached hydrogen (secondary N) is 1. The average molecular weight is 453 g/mol. The van der Waals surface area contributed by atoms with E-state index in [-0.39, 0.29) is 29.5 Å². The highest BCUT2D eigenvalue weighted by Gasteiger charge is 2.22. The van der Waals surface area contributed by atoms with E-state index in [1.165, 1.54) is 36.4 Å². The van der Waals surface area contributed by atoms with Crippen molar-refractivity contribution in [3.05, 3.63) is 63.7 Å². The number of hydrogen-bond acceptors (Lipinski definition) is 6. The van der Waals surface area contributed by atoms with Crippen LogP contribution in [-0.2, 0) is 14.8 Å². The third kappa shape index (κ3) is 5.47. The molecule has 1 heterocycles. The second kappa shape index (κ2) is 9.41. The van der Waals surface area contributed by atoms with Crippen molar-refractivity contribution < 1.29 is 18.1 Å². The zero-order chi connectivity index (χ0) is 21.7. The third-order valence-electron chi connectivity index (χ3n) is 4.81. The van der Waals surface area contributed by atoms with Gasteiger partial charge in [-0.05, 0) is 36.4 Å². The van der Waals surface area contributed by atoms with Gasteiger partial charge < -0.3 is 9.80 Å². The van der Waals surface area contributed by atoms with Gasteiger partial charge in [-0.2, -0.15) is 0 Å². The summed E-state index contributed by atoms with van der Waals surface area (Å²) < 4.78 is 26.9. The Labute approximate surface area is 179 Å². The lowest BCUT2D eigenvalue weighted by molar-refractivity contribution is -0.384. The molecule has 1 amide bonds. The van der Waals surface area contributed by atoms with Crippen LogP contribution >= 0.6 is 11.6 Å². The van der Waals surface area contributed by atoms with Crippen molar-refractivity contribution in [1.29, 1.82) is 0 Å². The number of piperazine rings is 1. The second-order valence-corrected chi connectivity index (χ2v) is 8.95. The molecule has 30 heavy (non-hydrogen) atoms. The monoisotopic (exact) mass is 452 g/mol. The van der Waals surface area contributed by atoms with Gasteiger partial charge >= 0.3 is 0 Å². The summed E-state index contributed by atoms with van der Waals surface area (Å²) in [6, 6.07) is 12.1. The molecule has 1 saturated heterocycles. The molecular formula is C19H21ClN4O5S. The van der Waals surface area contributed by atoms with Crippen molar-refractivity contribution in [2.24, 2.45) is 0 Å². The molecule has 0 aromatic heterocycles. The Bertz CT molecular complexity index is 1000. The van der Waals surface area contributed by atoms with Crippen molar-refractivity contribution in [1.82, 2.24) is 9.62 Å². The van der Waals surface area contributed by atoms with E-state index < -0.39 is 14.9 Å². The summed E-state index contributed by atoms with van der Waals surface area (Å²) in [5.41, 5.74) is 0.900. The van der Waals surface area contributed by atoms with Crippen LogP contribution in [0.3, 0.4) is 0 Å². The molecule has 1 aliphatic rings. The van der Waals surface area contributed by atoms with Gasteiger partial charge in [-0.1, -0.05) is 11.6 Å². The zero-order valence-corrected chi connectivity index (χ0v) is 17.6. The van der Waals surface area contributed by atoms with Crippen molar-refractivity contribution in [2.45, 2.75) is 11.3 Å². The zero-order valence-electron chi connectivity index (χ0n) is 16.0. The maximum atomic E-state index is 12.4. The number of amides is 1. The first-order valence-corrected chi connectivity index (χ1v) is 11.1. The number of benzene rings is 2. The number of non-ortho nitro benzene ring substituents is 1. The van der Waals surface area contributed by atoms with E-state index in [1.54, 1.807) is 17.0 Å². The van der Waals surface area contributed by atoms with E-state index >= 15 is 0 Å². The van der Waals surface area contributed by atoms with Crippen LogP contribution in [0, 0.1) is 10.1 Å². The highest BCUT2D eigenvalue weighted by atomic mass is 35.5. The van der Waals surface area contributed by atoms with Crippen LogP contribution in [-0.4, -0.2) is 56.9 Å². The van der Waals surface area contributed by atoms with Crippen LogP contribution < -0.4 is 9.62 Å². The van der Waals surface area contributed by atoms with E-state index in [2.05, 4.69) is 9.62 Å². The van der Waals surface area contributed by atoms with Gasteiger partial charge in [-0.3, -0.25) is 14.9 Å². The van der Waals surface area contributed by atoms with E-state index in [0.717, 1.165) is 5.69 Å². The SMILES string of the molecule is O=C(CCNS(=O)(=O)c1ccc(Cl)cc1)N1CCN(c2ccc([N+](=O)[O-])cc2)CC1. The Balaban J connectivity index is 1.46. The van der Waals surface area contributed by atoms with Gasteiger partial charge in [0.15, 0.2) is 0 Å². The number of rotatable bonds is 7. The number of sulfonamides is 1. The molecule has 3 rings (SSSR count). The molecule has 0 radical (unpaired) electrons. The number of nitro groups is 1. The molecule has 0 aliphatic carbocycles. The molecular weight excluding hydrogens is 432 g/mol. The lowest BCUT2D eigenvalue weighted by atomic mass is 10.2. The minimum atomic E-state index is -3.69. The fraction of sp³-hybridized carbons (Fsp3) is 0.316. The number of nitrogens with zero attached hydrogens (tertiary/aromatic N) is 3. The van der Waals surface area contributed by atoms with Gasteiger partial charge in [0.1, 0.15) is 0 Å². The van der Waals surface area contributed by atoms with Gasteiger partial charge in [0.25, 0.3) is 5.69 Å². The minimum Gasteiger partial charge on any atom is -0.368 e. The lowest BCUT2D eigenvalue weighted by Gasteiger charge is -2.36. The summed E-state index contributed by atoms with van der Waals surface area (Å²) in [4.78, 5) is 26.6. The maximum absolute atomic E-state index is 12.4. The van der Waals surface area contributed by atoms with Gasteiger partial charge in [-0.25, -0.2) is 13.1 Å². The quantitative estimate of drug-likeness (QED) is 0.509. The first-order valence-electron chi connectivity index (χ1n) is 9.29. The molecule has 160 valence electrons. The highest BCUT2D eigenvalue weighted by Crippen LogP contribution is 2.21. The fourth-order valence-electron chi connectivity index (χ4n) is 3.15. The molecule has 1 N–H and O–H groups in total. The number of halogens is 1. The van der Waals surface area contributed by atoms with Crippen LogP contribution in [0.25, 0.3) is 0 Å². The molecule has 1 aliphatic heterocycles. The summed E-state index contributed by atoms with van der Waals surface area (Å²) in [5, 5.41) is 11.2. The molecule has 0 saturated carbocycles. The van der Waals surface area contributed by atoms with Crippen LogP contribution in [0.1, 0.15) is 6.42 Å². The number of anilines is 1. The standard InChI is InChI=1S/C19H21ClN4O5S/c20-15-1-7-18(8-2-15)30(28,29)21-10-9-19(25)23-13-11-22(12-14-23)16-3-5-17(6-4-16)24(26)27/h1-8,21H,9-14H2. The van der Waals surface area contributed by atoms with Gasteiger partial charge in [0.2, 0.25) is 15.9 Å². The van der Waals surface area contributed by atoms with Crippen LogP contribution in [0.5, 0.6) is 0 Å². The summed E-state index contributed by atoms with van der Waals surface area (Å²) in [5.74, 6) is -0.128. The largest absolute Gasteiger partial charge is 0.368 e. The Hall–Kier alpha value is -2.69. The molecule has 0 unspecified atom stereocenters. The Kier molecular flexibility index (Phi) is 6.91. The fourth-order valence-corrected chi connectivity index (χ4v) is 4.30. The lowest BCUT2D eigenvalue weighted by Crippen LogP contribution is -2.49. The van der Waals surface area contributed by atoms with Gasteiger partial charge in [0, 0.05) is 62.0 Å². The van der Waals surface area contributed by atoms with Crippen LogP contribution in [0.4, 0.5) is 11.4 Å². The van der Waals surface area contributed by atoms with Gasteiger partial charge in [-0.15, -0.1) is 0 Å². The smallest absolute Gasteiger partial charge is 0.269 e. The minimum absolute atomic E-state index is 0.00631. The molecule has 0 atom stereocenters. The Morgan fingerprint density at radius 1 is 1.03 bits per heavy atom. The molecule has 11 heteroatoms. The third-order valence-corrected chi connectivity index (χ3v) is 6.54. The predicted octanol–water partition coefficient (Wildman–Crippen LogP) is 2.27. The van der Waals surface area contributed by atoms with E-state index in [4.69, 9.17) is 11.6 Å². The molecule has 9 nitrogen and oxygen atoms in total. The van der Waals surface area contributed by atoms with Crippen molar-refractivity contribution in [2.75, 3.05) is 37.6 Å². The predicted molar refractivity (Wildman–Crippen MR) is 113 cm³/mol. The van der Waals surface area contributed by atoms with E-state index in [9.17, 15) is 23.3 Å². The molecule has 1 fully saturated rings. The Morgan fingerprint density at radius 2 is 1.63 bits per heavy atom. The van der Waals surface area contributed by atoms with Gasteiger partial charge in [0.05, 0.1) is 9.82 Å². The van der Waals surface area contributed by atoms with Crippen molar-refractivity contribution >= 4 is 38.9 Å². The van der Waals surface area contributed by atoms with E-state index in [1.807, 2.05) is 0 Å². The molecule has 2 aromatic rings. The average Bonchev–Trinajstić information content (AvgIpc) is 2.74. The van der Waals surface area contributed by atoms with E-state index in [0.29, 0.717) is 31.2 Å². The maximum Gasteiger partial charge on any atom is 0.269 e. The first-order chi connectivity index (χ1) is 14.3. The normalized spacial score (nSPS) is 14.6. The second-order valence-electron chi connectivity index (χ2n) is 6.74. The molecule has 0 spiro atoms. The number of nitro benzene ring substituents is 1. The highest BCUT2D eigenvalue weighted by molar-refractivity contribution is 7.89. The summed E-state index contributed by atoms with van der Waals surface area (Å²) in [6.45, 7) is 2.20. The first kappa shape index (κ1) is 22.0. The molecule has 2 aromatic carbocycles. The summed E-state index contributed by atoms with van der Waals surface area (Å²) in [7, 11) is -3.69. The molecule has 0 bridgehead atoms. The van der Waals surface area contributed by atoms with Crippen molar-refractivity contribution in [3.8, 4) is 0 Å². The number of carbonyl (C=O) groups is 1. The summed E-state index contributed by atoms with van der Waals surface area (Å²) in [6.07, 6.45) is 0.0599. The number of hydrogen-bond donors (Lipinski definition) is 1.